The van der Waals surface area contributed by atoms with Crippen LogP contribution in [-0.2, 0) is 4.79 Å². The number of methoxy groups -OCH3 is 2. The summed E-state index contributed by atoms with van der Waals surface area (Å²) in [4.78, 5) is 17.2. The maximum absolute atomic E-state index is 12.5. The van der Waals surface area contributed by atoms with Gasteiger partial charge < -0.3 is 14.8 Å². The average molecular weight is 449 g/mol. The summed E-state index contributed by atoms with van der Waals surface area (Å²) in [6, 6.07) is 15.4. The van der Waals surface area contributed by atoms with Crippen LogP contribution >= 0.6 is 11.8 Å². The number of thioether (sulfide) groups is 1. The summed E-state index contributed by atoms with van der Waals surface area (Å²) in [6.45, 7) is 3.90. The molecule has 0 aliphatic rings. The highest BCUT2D eigenvalue weighted by Gasteiger charge is 2.15. The van der Waals surface area contributed by atoms with E-state index in [0.717, 1.165) is 38.7 Å². The molecule has 0 aliphatic heterocycles. The van der Waals surface area contributed by atoms with Crippen LogP contribution in [0.15, 0.2) is 59.8 Å². The molecule has 0 bridgehead atoms. The van der Waals surface area contributed by atoms with Gasteiger partial charge >= 0.3 is 0 Å². The number of amides is 1. The number of para-hydroxylation sites is 1. The van der Waals surface area contributed by atoms with E-state index in [1.165, 1.54) is 11.8 Å². The molecule has 4 rings (SSSR count). The van der Waals surface area contributed by atoms with Crippen LogP contribution in [-0.4, -0.2) is 40.5 Å². The van der Waals surface area contributed by atoms with Crippen molar-refractivity contribution in [1.82, 2.24) is 14.6 Å². The molecule has 0 atom stereocenters. The quantitative estimate of drug-likeness (QED) is 0.324. The molecule has 7 nitrogen and oxygen atoms in total. The standard InChI is InChI=1S/C24H24N4O3S/c1-15-7-5-6-8-19(15)27-22(29)14-32-23-11-16(2)26-24-18(13-25-28(23)24)17-9-10-20(30-3)21(12-17)31-4/h5-13H,14H2,1-4H3,(H,27,29). The van der Waals surface area contributed by atoms with E-state index >= 15 is 0 Å². The van der Waals surface area contributed by atoms with Gasteiger partial charge in [0.05, 0.1) is 26.2 Å². The number of hydrogen-bond acceptors (Lipinski definition) is 6. The second kappa shape index (κ2) is 9.32. The largest absolute Gasteiger partial charge is 0.493 e. The summed E-state index contributed by atoms with van der Waals surface area (Å²) in [5.41, 5.74) is 5.22. The van der Waals surface area contributed by atoms with Gasteiger partial charge in [0.25, 0.3) is 0 Å². The molecule has 0 spiro atoms. The molecule has 0 saturated carbocycles. The first-order chi connectivity index (χ1) is 15.5. The lowest BCUT2D eigenvalue weighted by atomic mass is 10.1. The predicted molar refractivity (Wildman–Crippen MR) is 127 cm³/mol. The highest BCUT2D eigenvalue weighted by molar-refractivity contribution is 7.99. The Morgan fingerprint density at radius 1 is 1.06 bits per heavy atom. The van der Waals surface area contributed by atoms with Crippen molar-refractivity contribution in [2.24, 2.45) is 0 Å². The molecular formula is C24H24N4O3S. The lowest BCUT2D eigenvalue weighted by molar-refractivity contribution is -0.113. The Bertz CT molecular complexity index is 1290. The third kappa shape index (κ3) is 4.40. The maximum atomic E-state index is 12.5. The fourth-order valence-electron chi connectivity index (χ4n) is 3.40. The van der Waals surface area contributed by atoms with Gasteiger partial charge in [0.15, 0.2) is 17.1 Å². The number of anilines is 1. The smallest absolute Gasteiger partial charge is 0.234 e. The SMILES string of the molecule is COc1ccc(-c2cnn3c(SCC(=O)Nc4ccccc4C)cc(C)nc23)cc1OC. The first-order valence-electron chi connectivity index (χ1n) is 10.1. The van der Waals surface area contributed by atoms with Crippen molar-refractivity contribution in [2.75, 3.05) is 25.3 Å². The van der Waals surface area contributed by atoms with Crippen molar-refractivity contribution >= 4 is 29.0 Å². The van der Waals surface area contributed by atoms with Crippen LogP contribution in [0.4, 0.5) is 5.69 Å². The topological polar surface area (TPSA) is 77.8 Å². The Labute approximate surface area is 190 Å². The minimum absolute atomic E-state index is 0.0702. The van der Waals surface area contributed by atoms with E-state index in [0.29, 0.717) is 11.5 Å². The monoisotopic (exact) mass is 448 g/mol. The summed E-state index contributed by atoms with van der Waals surface area (Å²) in [7, 11) is 3.22. The number of rotatable bonds is 7. The summed E-state index contributed by atoms with van der Waals surface area (Å²) in [5, 5.41) is 8.35. The second-order valence-electron chi connectivity index (χ2n) is 7.25. The molecule has 0 saturated heterocycles. The van der Waals surface area contributed by atoms with E-state index in [1.807, 2.05) is 62.4 Å². The van der Waals surface area contributed by atoms with Crippen LogP contribution in [0.5, 0.6) is 11.5 Å². The Morgan fingerprint density at radius 3 is 2.59 bits per heavy atom. The van der Waals surface area contributed by atoms with E-state index < -0.39 is 0 Å². The zero-order valence-corrected chi connectivity index (χ0v) is 19.2. The number of carbonyl (C=O) groups is 1. The molecule has 2 heterocycles. The second-order valence-corrected chi connectivity index (χ2v) is 8.25. The van der Waals surface area contributed by atoms with E-state index in [-0.39, 0.29) is 11.7 Å². The molecule has 8 heteroatoms. The highest BCUT2D eigenvalue weighted by atomic mass is 32.2. The molecular weight excluding hydrogens is 424 g/mol. The van der Waals surface area contributed by atoms with Gasteiger partial charge in [-0.2, -0.15) is 5.10 Å². The fourth-order valence-corrected chi connectivity index (χ4v) is 4.26. The van der Waals surface area contributed by atoms with Gasteiger partial charge in [0.1, 0.15) is 5.03 Å². The number of nitrogens with zero attached hydrogens (tertiary/aromatic N) is 3. The first-order valence-corrected chi connectivity index (χ1v) is 11.0. The number of benzene rings is 2. The van der Waals surface area contributed by atoms with Crippen LogP contribution in [0, 0.1) is 13.8 Å². The van der Waals surface area contributed by atoms with E-state index in [2.05, 4.69) is 10.4 Å². The molecule has 2 aromatic heterocycles. The van der Waals surface area contributed by atoms with E-state index in [4.69, 9.17) is 14.5 Å². The van der Waals surface area contributed by atoms with Crippen LogP contribution in [0.1, 0.15) is 11.3 Å². The molecule has 0 radical (unpaired) electrons. The lowest BCUT2D eigenvalue weighted by Crippen LogP contribution is -2.15. The van der Waals surface area contributed by atoms with Crippen molar-refractivity contribution in [3.8, 4) is 22.6 Å². The highest BCUT2D eigenvalue weighted by Crippen LogP contribution is 2.34. The number of aryl methyl sites for hydroxylation is 2. The van der Waals surface area contributed by atoms with Crippen molar-refractivity contribution < 1.29 is 14.3 Å². The Kier molecular flexibility index (Phi) is 6.32. The molecule has 1 N–H and O–H groups in total. The van der Waals surface area contributed by atoms with Crippen LogP contribution in [0.25, 0.3) is 16.8 Å². The maximum Gasteiger partial charge on any atom is 0.234 e. The summed E-state index contributed by atoms with van der Waals surface area (Å²) < 4.78 is 12.5. The van der Waals surface area contributed by atoms with E-state index in [1.54, 1.807) is 24.9 Å². The van der Waals surface area contributed by atoms with Crippen molar-refractivity contribution in [3.63, 3.8) is 0 Å². The molecule has 32 heavy (non-hydrogen) atoms. The predicted octanol–water partition coefficient (Wildman–Crippen LogP) is 4.76. The molecule has 4 aromatic rings. The molecule has 164 valence electrons. The normalized spacial score (nSPS) is 10.9. The van der Waals surface area contributed by atoms with Crippen LogP contribution < -0.4 is 14.8 Å². The van der Waals surface area contributed by atoms with Gasteiger partial charge in [-0.05, 0) is 49.2 Å². The van der Waals surface area contributed by atoms with Gasteiger partial charge in [-0.15, -0.1) is 0 Å². The minimum Gasteiger partial charge on any atom is -0.493 e. The van der Waals surface area contributed by atoms with Crippen molar-refractivity contribution in [2.45, 2.75) is 18.9 Å². The first kappa shape index (κ1) is 21.7. The van der Waals surface area contributed by atoms with Gasteiger partial charge in [-0.25, -0.2) is 9.50 Å². The van der Waals surface area contributed by atoms with Crippen LogP contribution in [0.2, 0.25) is 0 Å². The van der Waals surface area contributed by atoms with E-state index in [9.17, 15) is 4.79 Å². The zero-order chi connectivity index (χ0) is 22.7. The van der Waals surface area contributed by atoms with Gasteiger partial charge in [-0.3, -0.25) is 4.79 Å². The Balaban J connectivity index is 1.60. The summed E-state index contributed by atoms with van der Waals surface area (Å²) >= 11 is 1.42. The molecule has 2 aromatic carbocycles. The number of ether oxygens (including phenoxy) is 2. The lowest BCUT2D eigenvalue weighted by Gasteiger charge is -2.10. The van der Waals surface area contributed by atoms with Crippen LogP contribution in [0.3, 0.4) is 0 Å². The molecule has 1 amide bonds. The summed E-state index contributed by atoms with van der Waals surface area (Å²) in [6.07, 6.45) is 1.78. The Hall–Kier alpha value is -3.52. The molecule has 0 aliphatic carbocycles. The molecule has 0 unspecified atom stereocenters. The number of nitrogens with one attached hydrogen (secondary N) is 1. The zero-order valence-electron chi connectivity index (χ0n) is 18.4. The fraction of sp³-hybridized carbons (Fsp3) is 0.208. The molecule has 0 fully saturated rings. The third-order valence-corrected chi connectivity index (χ3v) is 6.03. The summed E-state index contributed by atoms with van der Waals surface area (Å²) in [5.74, 6) is 1.49. The number of carbonyl (C=O) groups excluding carboxylic acids is 1. The van der Waals surface area contributed by atoms with Gasteiger partial charge in [-0.1, -0.05) is 36.0 Å². The number of hydrogen-bond donors (Lipinski definition) is 1. The average Bonchev–Trinajstić information content (AvgIpc) is 3.22. The van der Waals surface area contributed by atoms with Gasteiger partial charge in [0, 0.05) is 16.9 Å². The van der Waals surface area contributed by atoms with Gasteiger partial charge in [0.2, 0.25) is 5.91 Å². The minimum atomic E-state index is -0.0702. The Morgan fingerprint density at radius 2 is 1.84 bits per heavy atom. The number of fused-ring (bicyclic) bond motifs is 1. The third-order valence-electron chi connectivity index (χ3n) is 5.03. The van der Waals surface area contributed by atoms with Crippen molar-refractivity contribution in [1.29, 1.82) is 0 Å². The van der Waals surface area contributed by atoms with Crippen molar-refractivity contribution in [3.05, 3.63) is 66.0 Å². The number of aromatic nitrogens is 3.